The number of nitrogens with one attached hydrogen (secondary N) is 1. The van der Waals surface area contributed by atoms with Gasteiger partial charge < -0.3 is 0 Å². The lowest BCUT2D eigenvalue weighted by atomic mass is 10.2. The molecule has 0 aromatic heterocycles. The number of amidine groups is 1. The largest absolute Gasteiger partial charge is 0.246 e. The zero-order chi connectivity index (χ0) is 12.9. The van der Waals surface area contributed by atoms with Crippen LogP contribution in [-0.4, -0.2) is 12.1 Å². The van der Waals surface area contributed by atoms with Crippen LogP contribution in [0.15, 0.2) is 71.7 Å². The second-order valence-corrected chi connectivity index (χ2v) is 4.22. The van der Waals surface area contributed by atoms with Crippen molar-refractivity contribution in [2.75, 3.05) is 0 Å². The van der Waals surface area contributed by atoms with Crippen LogP contribution in [0.2, 0.25) is 0 Å². The molecule has 19 heavy (non-hydrogen) atoms. The first-order valence-corrected chi connectivity index (χ1v) is 6.20. The van der Waals surface area contributed by atoms with E-state index in [9.17, 15) is 0 Å². The number of rotatable bonds is 3. The molecule has 1 aliphatic heterocycles. The van der Waals surface area contributed by atoms with E-state index in [-0.39, 0.29) is 6.23 Å². The summed E-state index contributed by atoms with van der Waals surface area (Å²) in [6.07, 6.45) is 3.65. The van der Waals surface area contributed by atoms with E-state index in [2.05, 4.69) is 10.5 Å². The zero-order valence-electron chi connectivity index (χ0n) is 10.4. The van der Waals surface area contributed by atoms with Crippen LogP contribution in [0, 0.1) is 0 Å². The Morgan fingerprint density at radius 2 is 1.63 bits per heavy atom. The predicted molar refractivity (Wildman–Crippen MR) is 76.5 cm³/mol. The smallest absolute Gasteiger partial charge is 0.196 e. The van der Waals surface area contributed by atoms with Crippen molar-refractivity contribution in [1.82, 2.24) is 5.48 Å². The standard InChI is InChI=1S/C16H14N2O/c1-3-7-13(8-4-1)11-12-15-17-16(18-19-15)14-9-5-2-6-10-14/h1-12,15H,(H,17,18)/b12-11+. The van der Waals surface area contributed by atoms with E-state index in [1.807, 2.05) is 72.8 Å². The highest BCUT2D eigenvalue weighted by Crippen LogP contribution is 2.11. The van der Waals surface area contributed by atoms with E-state index < -0.39 is 0 Å². The van der Waals surface area contributed by atoms with Gasteiger partial charge in [-0.05, 0) is 11.6 Å². The Kier molecular flexibility index (Phi) is 3.38. The molecule has 1 atom stereocenters. The highest BCUT2D eigenvalue weighted by molar-refractivity contribution is 5.98. The molecule has 2 aromatic carbocycles. The van der Waals surface area contributed by atoms with Crippen molar-refractivity contribution in [3.05, 3.63) is 77.9 Å². The Morgan fingerprint density at radius 3 is 2.37 bits per heavy atom. The molecule has 0 radical (unpaired) electrons. The SMILES string of the molecule is C(=C\C1N=C(c2ccccc2)NO1)/c1ccccc1. The predicted octanol–water partition coefficient (Wildman–Crippen LogP) is 3.01. The van der Waals surface area contributed by atoms with Gasteiger partial charge in [-0.3, -0.25) is 0 Å². The summed E-state index contributed by atoms with van der Waals surface area (Å²) in [5.41, 5.74) is 5.02. The van der Waals surface area contributed by atoms with Gasteiger partial charge in [-0.25, -0.2) is 15.3 Å². The Morgan fingerprint density at radius 1 is 0.947 bits per heavy atom. The number of aliphatic imine (C=N–C) groups is 1. The van der Waals surface area contributed by atoms with Crippen molar-refractivity contribution < 1.29 is 4.84 Å². The minimum atomic E-state index is -0.282. The summed E-state index contributed by atoms with van der Waals surface area (Å²) in [4.78, 5) is 9.87. The number of hydrogen-bond acceptors (Lipinski definition) is 3. The summed E-state index contributed by atoms with van der Waals surface area (Å²) < 4.78 is 0. The average molecular weight is 250 g/mol. The van der Waals surface area contributed by atoms with E-state index in [4.69, 9.17) is 4.84 Å². The molecule has 0 aliphatic carbocycles. The number of nitrogens with zero attached hydrogens (tertiary/aromatic N) is 1. The fourth-order valence-electron chi connectivity index (χ4n) is 1.87. The molecule has 3 heteroatoms. The molecule has 2 aromatic rings. The molecule has 94 valence electrons. The molecule has 1 N–H and O–H groups in total. The van der Waals surface area contributed by atoms with Crippen molar-refractivity contribution in [2.24, 2.45) is 4.99 Å². The molecule has 0 spiro atoms. The second kappa shape index (κ2) is 5.50. The Bertz CT molecular complexity index is 591. The molecular formula is C16H14N2O. The summed E-state index contributed by atoms with van der Waals surface area (Å²) in [7, 11) is 0. The molecule has 3 nitrogen and oxygen atoms in total. The summed E-state index contributed by atoms with van der Waals surface area (Å²) in [5.74, 6) is 0.767. The van der Waals surface area contributed by atoms with Gasteiger partial charge in [0.1, 0.15) is 0 Å². The van der Waals surface area contributed by atoms with Crippen LogP contribution < -0.4 is 5.48 Å². The van der Waals surface area contributed by atoms with Crippen molar-refractivity contribution in [2.45, 2.75) is 6.23 Å². The minimum Gasteiger partial charge on any atom is -0.246 e. The number of benzene rings is 2. The number of hydrogen-bond donors (Lipinski definition) is 1. The van der Waals surface area contributed by atoms with Gasteiger partial charge in [-0.2, -0.15) is 0 Å². The van der Waals surface area contributed by atoms with Gasteiger partial charge in [-0.1, -0.05) is 66.7 Å². The van der Waals surface area contributed by atoms with Gasteiger partial charge in [0.15, 0.2) is 12.1 Å². The van der Waals surface area contributed by atoms with E-state index in [1.165, 1.54) is 0 Å². The molecule has 1 heterocycles. The molecule has 0 saturated heterocycles. The molecule has 0 bridgehead atoms. The van der Waals surface area contributed by atoms with Crippen LogP contribution in [0.4, 0.5) is 0 Å². The lowest BCUT2D eigenvalue weighted by Crippen LogP contribution is -2.18. The second-order valence-electron chi connectivity index (χ2n) is 4.22. The Hall–Kier alpha value is -2.39. The van der Waals surface area contributed by atoms with Crippen LogP contribution in [0.25, 0.3) is 6.08 Å². The van der Waals surface area contributed by atoms with Crippen LogP contribution >= 0.6 is 0 Å². The van der Waals surface area contributed by atoms with E-state index >= 15 is 0 Å². The third kappa shape index (κ3) is 2.89. The lowest BCUT2D eigenvalue weighted by molar-refractivity contribution is 0.0682. The Balaban J connectivity index is 1.72. The maximum absolute atomic E-state index is 5.40. The molecule has 0 saturated carbocycles. The van der Waals surface area contributed by atoms with Gasteiger partial charge in [-0.15, -0.1) is 0 Å². The van der Waals surface area contributed by atoms with Gasteiger partial charge >= 0.3 is 0 Å². The van der Waals surface area contributed by atoms with Gasteiger partial charge in [0, 0.05) is 5.56 Å². The molecular weight excluding hydrogens is 236 g/mol. The first-order chi connectivity index (χ1) is 9.42. The van der Waals surface area contributed by atoms with Gasteiger partial charge in [0.05, 0.1) is 0 Å². The molecule has 0 fully saturated rings. The minimum absolute atomic E-state index is 0.282. The Labute approximate surface area is 112 Å². The molecule has 3 rings (SSSR count). The summed E-state index contributed by atoms with van der Waals surface area (Å²) in [6.45, 7) is 0. The van der Waals surface area contributed by atoms with Crippen molar-refractivity contribution >= 4 is 11.9 Å². The van der Waals surface area contributed by atoms with Crippen LogP contribution in [0.5, 0.6) is 0 Å². The van der Waals surface area contributed by atoms with Crippen molar-refractivity contribution in [3.63, 3.8) is 0 Å². The quantitative estimate of drug-likeness (QED) is 0.908. The van der Waals surface area contributed by atoms with Gasteiger partial charge in [0.25, 0.3) is 0 Å². The zero-order valence-corrected chi connectivity index (χ0v) is 10.4. The lowest BCUT2D eigenvalue weighted by Gasteiger charge is -1.99. The topological polar surface area (TPSA) is 33.6 Å². The van der Waals surface area contributed by atoms with Gasteiger partial charge in [0.2, 0.25) is 0 Å². The summed E-state index contributed by atoms with van der Waals surface area (Å²) in [5, 5.41) is 0. The monoisotopic (exact) mass is 250 g/mol. The van der Waals surface area contributed by atoms with E-state index in [1.54, 1.807) is 0 Å². The highest BCUT2D eigenvalue weighted by atomic mass is 16.7. The van der Waals surface area contributed by atoms with Crippen molar-refractivity contribution in [3.8, 4) is 0 Å². The molecule has 1 aliphatic rings. The van der Waals surface area contributed by atoms with Crippen LogP contribution in [-0.2, 0) is 4.84 Å². The first kappa shape index (κ1) is 11.7. The first-order valence-electron chi connectivity index (χ1n) is 6.20. The maximum Gasteiger partial charge on any atom is 0.196 e. The normalized spacial score (nSPS) is 18.3. The number of hydroxylamine groups is 1. The molecule has 1 unspecified atom stereocenters. The third-order valence-corrected chi connectivity index (χ3v) is 2.83. The fraction of sp³-hybridized carbons (Fsp3) is 0.0625. The maximum atomic E-state index is 5.40. The highest BCUT2D eigenvalue weighted by Gasteiger charge is 2.15. The summed E-state index contributed by atoms with van der Waals surface area (Å²) >= 11 is 0. The van der Waals surface area contributed by atoms with Crippen LogP contribution in [0.3, 0.4) is 0 Å². The van der Waals surface area contributed by atoms with Crippen molar-refractivity contribution in [1.29, 1.82) is 0 Å². The van der Waals surface area contributed by atoms with E-state index in [0.717, 1.165) is 17.0 Å². The third-order valence-electron chi connectivity index (χ3n) is 2.83. The average Bonchev–Trinajstić information content (AvgIpc) is 2.96. The fourth-order valence-corrected chi connectivity index (χ4v) is 1.87. The van der Waals surface area contributed by atoms with E-state index in [0.29, 0.717) is 0 Å². The molecule has 0 amide bonds. The van der Waals surface area contributed by atoms with Crippen LogP contribution in [0.1, 0.15) is 11.1 Å². The summed E-state index contributed by atoms with van der Waals surface area (Å²) in [6, 6.07) is 20.0.